The Balaban J connectivity index is 2.21. The van der Waals surface area contributed by atoms with Gasteiger partial charge in [0.25, 0.3) is 0 Å². The smallest absolute Gasteiger partial charge is 0.249 e. The van der Waals surface area contributed by atoms with Crippen LogP contribution >= 0.6 is 11.3 Å². The van der Waals surface area contributed by atoms with Crippen LogP contribution < -0.4 is 5.32 Å². The minimum atomic E-state index is -1.34. The first kappa shape index (κ1) is 16.9. The van der Waals surface area contributed by atoms with Gasteiger partial charge in [-0.1, -0.05) is 25.1 Å². The van der Waals surface area contributed by atoms with E-state index in [1.807, 2.05) is 39.0 Å². The molecule has 1 heterocycles. The predicted molar refractivity (Wildman–Crippen MR) is 91.7 cm³/mol. The number of nitrogens with zero attached hydrogens (tertiary/aromatic N) is 1. The summed E-state index contributed by atoms with van der Waals surface area (Å²) in [6.45, 7) is 5.80. The highest BCUT2D eigenvalue weighted by atomic mass is 32.1. The maximum Gasteiger partial charge on any atom is 0.249 e. The lowest BCUT2D eigenvalue weighted by Crippen LogP contribution is -2.28. The first-order chi connectivity index (χ1) is 11.0. The van der Waals surface area contributed by atoms with Crippen molar-refractivity contribution in [2.75, 3.05) is 5.32 Å². The van der Waals surface area contributed by atoms with Gasteiger partial charge in [0.15, 0.2) is 11.7 Å². The third-order valence-corrected chi connectivity index (χ3v) is 5.04. The van der Waals surface area contributed by atoms with Crippen LogP contribution in [0.15, 0.2) is 30.3 Å². The Morgan fingerprint density at radius 3 is 2.52 bits per heavy atom. The first-order valence-corrected chi connectivity index (χ1v) is 8.19. The lowest BCUT2D eigenvalue weighted by molar-refractivity contribution is -0.117. The van der Waals surface area contributed by atoms with Crippen LogP contribution in [0.3, 0.4) is 0 Å². The second-order valence-corrected chi connectivity index (χ2v) is 6.44. The van der Waals surface area contributed by atoms with Crippen molar-refractivity contribution < 1.29 is 9.59 Å². The largest absolute Gasteiger partial charge is 0.324 e. The van der Waals surface area contributed by atoms with E-state index in [1.165, 1.54) is 11.3 Å². The van der Waals surface area contributed by atoms with E-state index in [0.717, 1.165) is 22.4 Å². The van der Waals surface area contributed by atoms with Gasteiger partial charge in [-0.3, -0.25) is 9.59 Å². The number of aryl methyl sites for hydroxylation is 3. The molecule has 0 aliphatic rings. The summed E-state index contributed by atoms with van der Waals surface area (Å²) >= 11 is 1.36. The lowest BCUT2D eigenvalue weighted by Gasteiger charge is -2.10. The molecule has 0 aliphatic carbocycles. The van der Waals surface area contributed by atoms with Crippen LogP contribution in [0.25, 0.3) is 0 Å². The van der Waals surface area contributed by atoms with E-state index >= 15 is 0 Å². The van der Waals surface area contributed by atoms with Gasteiger partial charge in [-0.05, 0) is 43.5 Å². The number of hydrogen-bond acceptors (Lipinski definition) is 4. The second-order valence-electron chi connectivity index (χ2n) is 5.30. The minimum absolute atomic E-state index is 0.439. The Morgan fingerprint density at radius 2 is 1.96 bits per heavy atom. The van der Waals surface area contributed by atoms with Crippen molar-refractivity contribution in [2.45, 2.75) is 27.2 Å². The number of nitrogens with one attached hydrogen (secondary N) is 1. The molecule has 1 unspecified atom stereocenters. The van der Waals surface area contributed by atoms with E-state index in [9.17, 15) is 14.9 Å². The molecule has 1 N–H and O–H groups in total. The Kier molecular flexibility index (Phi) is 5.30. The Hall–Kier alpha value is -2.45. The number of thiophene rings is 1. The van der Waals surface area contributed by atoms with Crippen molar-refractivity contribution in [2.24, 2.45) is 5.92 Å². The zero-order chi connectivity index (χ0) is 17.0. The molecule has 4 nitrogen and oxygen atoms in total. The van der Waals surface area contributed by atoms with E-state index in [4.69, 9.17) is 0 Å². The summed E-state index contributed by atoms with van der Waals surface area (Å²) in [5.74, 6) is -2.36. The first-order valence-electron chi connectivity index (χ1n) is 7.37. The summed E-state index contributed by atoms with van der Waals surface area (Å²) < 4.78 is 0. The third-order valence-electron chi connectivity index (χ3n) is 3.64. The average molecular weight is 326 g/mol. The van der Waals surface area contributed by atoms with Gasteiger partial charge in [0, 0.05) is 10.6 Å². The molecule has 1 amide bonds. The van der Waals surface area contributed by atoms with Crippen molar-refractivity contribution >= 4 is 28.7 Å². The van der Waals surface area contributed by atoms with Crippen LogP contribution in [0.2, 0.25) is 0 Å². The molecule has 23 heavy (non-hydrogen) atoms. The van der Waals surface area contributed by atoms with E-state index in [-0.39, 0.29) is 0 Å². The number of carbonyl (C=O) groups is 2. The number of anilines is 1. The highest BCUT2D eigenvalue weighted by molar-refractivity contribution is 7.14. The second kappa shape index (κ2) is 7.21. The summed E-state index contributed by atoms with van der Waals surface area (Å²) in [6.07, 6.45) is 0.830. The van der Waals surface area contributed by atoms with Gasteiger partial charge in [0.05, 0.1) is 10.9 Å². The van der Waals surface area contributed by atoms with Gasteiger partial charge in [0.2, 0.25) is 5.91 Å². The fourth-order valence-corrected chi connectivity index (χ4v) is 3.37. The molecule has 0 bridgehead atoms. The van der Waals surface area contributed by atoms with Gasteiger partial charge >= 0.3 is 0 Å². The van der Waals surface area contributed by atoms with Crippen LogP contribution in [-0.4, -0.2) is 11.7 Å². The number of nitriles is 1. The SMILES string of the molecule is CCc1sc(C(=O)C(C#N)C(=O)Nc2ccccc2C)cc1C. The van der Waals surface area contributed by atoms with E-state index < -0.39 is 17.6 Å². The van der Waals surface area contributed by atoms with Crippen LogP contribution in [0, 0.1) is 31.1 Å². The molecule has 0 spiro atoms. The molecule has 0 aliphatic heterocycles. The number of benzene rings is 1. The molecule has 2 aromatic rings. The van der Waals surface area contributed by atoms with Crippen LogP contribution in [0.5, 0.6) is 0 Å². The van der Waals surface area contributed by atoms with E-state index in [2.05, 4.69) is 5.32 Å². The summed E-state index contributed by atoms with van der Waals surface area (Å²) in [5, 5.41) is 12.0. The molecule has 0 fully saturated rings. The monoisotopic (exact) mass is 326 g/mol. The molecule has 2 rings (SSSR count). The standard InChI is InChI=1S/C18H18N2O2S/c1-4-15-12(3)9-16(23-15)17(21)13(10-19)18(22)20-14-8-6-5-7-11(14)2/h5-9,13H,4H2,1-3H3,(H,20,22). The van der Waals surface area contributed by atoms with Crippen LogP contribution in [0.4, 0.5) is 5.69 Å². The molecule has 118 valence electrons. The van der Waals surface area contributed by atoms with Crippen molar-refractivity contribution in [1.29, 1.82) is 5.26 Å². The van der Waals surface area contributed by atoms with Crippen LogP contribution in [0.1, 0.15) is 32.6 Å². The van der Waals surface area contributed by atoms with Gasteiger partial charge in [0.1, 0.15) is 0 Å². The topological polar surface area (TPSA) is 70.0 Å². The number of amides is 1. The molecule has 1 aromatic heterocycles. The number of ketones is 1. The molecule has 0 radical (unpaired) electrons. The number of Topliss-reactive ketones (excluding diaryl/α,β-unsaturated/α-hetero) is 1. The molecule has 1 aromatic carbocycles. The highest BCUT2D eigenvalue weighted by Crippen LogP contribution is 2.25. The zero-order valence-corrected chi connectivity index (χ0v) is 14.2. The third kappa shape index (κ3) is 3.66. The van der Waals surface area contributed by atoms with E-state index in [0.29, 0.717) is 10.6 Å². The summed E-state index contributed by atoms with van der Waals surface area (Å²) in [5.41, 5.74) is 2.52. The van der Waals surface area contributed by atoms with Crippen molar-refractivity contribution in [3.63, 3.8) is 0 Å². The fourth-order valence-electron chi connectivity index (χ4n) is 2.29. The maximum atomic E-state index is 12.5. The van der Waals surface area contributed by atoms with Crippen molar-refractivity contribution in [1.82, 2.24) is 0 Å². The molecule has 5 heteroatoms. The molecule has 0 saturated carbocycles. The summed E-state index contributed by atoms with van der Waals surface area (Å²) in [7, 11) is 0. The highest BCUT2D eigenvalue weighted by Gasteiger charge is 2.29. The fraction of sp³-hybridized carbons (Fsp3) is 0.278. The molecular weight excluding hydrogens is 308 g/mol. The quantitative estimate of drug-likeness (QED) is 0.669. The minimum Gasteiger partial charge on any atom is -0.324 e. The molecule has 0 saturated heterocycles. The van der Waals surface area contributed by atoms with Crippen molar-refractivity contribution in [3.8, 4) is 6.07 Å². The zero-order valence-electron chi connectivity index (χ0n) is 13.3. The number of hydrogen-bond donors (Lipinski definition) is 1. The van der Waals surface area contributed by atoms with Gasteiger partial charge < -0.3 is 5.32 Å². The van der Waals surface area contributed by atoms with Gasteiger partial charge in [-0.2, -0.15) is 5.26 Å². The van der Waals surface area contributed by atoms with Gasteiger partial charge in [-0.15, -0.1) is 11.3 Å². The number of carbonyl (C=O) groups excluding carboxylic acids is 2. The molecular formula is C18H18N2O2S. The Labute approximate surface area is 139 Å². The summed E-state index contributed by atoms with van der Waals surface area (Å²) in [6, 6.07) is 10.8. The molecule has 1 atom stereocenters. The summed E-state index contributed by atoms with van der Waals surface area (Å²) in [4.78, 5) is 26.4. The lowest BCUT2D eigenvalue weighted by atomic mass is 10.0. The maximum absolute atomic E-state index is 12.5. The van der Waals surface area contributed by atoms with Gasteiger partial charge in [-0.25, -0.2) is 0 Å². The normalized spacial score (nSPS) is 11.6. The Morgan fingerprint density at radius 1 is 1.26 bits per heavy atom. The average Bonchev–Trinajstić information content (AvgIpc) is 2.91. The van der Waals surface area contributed by atoms with E-state index in [1.54, 1.807) is 18.2 Å². The van der Waals surface area contributed by atoms with Crippen LogP contribution in [-0.2, 0) is 11.2 Å². The van der Waals surface area contributed by atoms with Crippen molar-refractivity contribution in [3.05, 3.63) is 51.2 Å². The number of rotatable bonds is 5. The predicted octanol–water partition coefficient (Wildman–Crippen LogP) is 3.89. The number of para-hydroxylation sites is 1. The Bertz CT molecular complexity index is 787.